The fraction of sp³-hybridized carbons (Fsp3) is 0.536. The SMILES string of the molecule is CCCCCCCCCCCCCCCc1ccccc1C(=O)c1ccccc1O. The molecular weight excluding hydrogens is 368 g/mol. The van der Waals surface area contributed by atoms with E-state index in [-0.39, 0.29) is 11.5 Å². The van der Waals surface area contributed by atoms with E-state index in [9.17, 15) is 9.90 Å². The number of rotatable bonds is 16. The molecule has 2 rings (SSSR count). The molecule has 0 radical (unpaired) electrons. The summed E-state index contributed by atoms with van der Waals surface area (Å²) in [5.41, 5.74) is 2.20. The molecule has 0 atom stereocenters. The molecule has 0 saturated carbocycles. The minimum absolute atomic E-state index is 0.0539. The summed E-state index contributed by atoms with van der Waals surface area (Å²) in [7, 11) is 0. The van der Waals surface area contributed by atoms with Crippen molar-refractivity contribution < 1.29 is 9.90 Å². The van der Waals surface area contributed by atoms with E-state index < -0.39 is 0 Å². The van der Waals surface area contributed by atoms with Crippen molar-refractivity contribution in [3.63, 3.8) is 0 Å². The van der Waals surface area contributed by atoms with Crippen molar-refractivity contribution in [3.05, 3.63) is 65.2 Å². The molecule has 0 aromatic heterocycles. The minimum Gasteiger partial charge on any atom is -0.507 e. The molecule has 164 valence electrons. The van der Waals surface area contributed by atoms with E-state index >= 15 is 0 Å². The number of ketones is 1. The fourth-order valence-corrected chi connectivity index (χ4v) is 4.10. The number of aryl methyl sites for hydroxylation is 1. The van der Waals surface area contributed by atoms with Crippen molar-refractivity contribution in [2.45, 2.75) is 96.8 Å². The van der Waals surface area contributed by atoms with Crippen LogP contribution < -0.4 is 0 Å². The third kappa shape index (κ3) is 8.73. The lowest BCUT2D eigenvalue weighted by molar-refractivity contribution is 0.103. The van der Waals surface area contributed by atoms with Gasteiger partial charge in [-0.3, -0.25) is 4.79 Å². The third-order valence-electron chi connectivity index (χ3n) is 5.96. The van der Waals surface area contributed by atoms with Crippen LogP contribution in [0.1, 0.15) is 112 Å². The Morgan fingerprint density at radius 1 is 0.633 bits per heavy atom. The summed E-state index contributed by atoms with van der Waals surface area (Å²) < 4.78 is 0. The standard InChI is InChI=1S/C28H40O2/c1-2-3-4-5-6-7-8-9-10-11-12-13-14-19-24-20-15-16-21-25(24)28(30)26-22-17-18-23-27(26)29/h15-18,20-23,29H,2-14,19H2,1H3. The van der Waals surface area contributed by atoms with Crippen LogP contribution in [0.4, 0.5) is 0 Å². The predicted molar refractivity (Wildman–Crippen MR) is 127 cm³/mol. The molecule has 2 nitrogen and oxygen atoms in total. The van der Waals surface area contributed by atoms with Crippen molar-refractivity contribution in [3.8, 4) is 5.75 Å². The van der Waals surface area contributed by atoms with E-state index in [2.05, 4.69) is 6.92 Å². The third-order valence-corrected chi connectivity index (χ3v) is 5.96. The van der Waals surface area contributed by atoms with Crippen LogP contribution in [0.25, 0.3) is 0 Å². The summed E-state index contributed by atoms with van der Waals surface area (Å²) in [6, 6.07) is 14.6. The van der Waals surface area contributed by atoms with Crippen LogP contribution in [0.3, 0.4) is 0 Å². The molecule has 0 fully saturated rings. The summed E-state index contributed by atoms with van der Waals surface area (Å²) in [6.45, 7) is 2.27. The molecule has 1 N–H and O–H groups in total. The highest BCUT2D eigenvalue weighted by atomic mass is 16.3. The van der Waals surface area contributed by atoms with Crippen molar-refractivity contribution in [1.29, 1.82) is 0 Å². The monoisotopic (exact) mass is 408 g/mol. The summed E-state index contributed by atoms with van der Waals surface area (Å²) in [5, 5.41) is 10.0. The van der Waals surface area contributed by atoms with Gasteiger partial charge in [-0.1, -0.05) is 120 Å². The topological polar surface area (TPSA) is 37.3 Å². The summed E-state index contributed by atoms with van der Waals surface area (Å²) >= 11 is 0. The second kappa shape index (κ2) is 14.8. The highest BCUT2D eigenvalue weighted by Gasteiger charge is 2.15. The predicted octanol–water partition coefficient (Wildman–Crippen LogP) is 8.26. The van der Waals surface area contributed by atoms with Gasteiger partial charge in [0, 0.05) is 5.56 Å². The van der Waals surface area contributed by atoms with E-state index in [0.717, 1.165) is 24.0 Å². The summed E-state index contributed by atoms with van der Waals surface area (Å²) in [6.07, 6.45) is 18.4. The van der Waals surface area contributed by atoms with Crippen LogP contribution in [0.2, 0.25) is 0 Å². The van der Waals surface area contributed by atoms with Crippen LogP contribution in [0.15, 0.2) is 48.5 Å². The lowest BCUT2D eigenvalue weighted by Crippen LogP contribution is -2.06. The van der Waals surface area contributed by atoms with Gasteiger partial charge in [0.05, 0.1) is 5.56 Å². The minimum atomic E-state index is -0.0848. The number of hydrogen-bond donors (Lipinski definition) is 1. The quantitative estimate of drug-likeness (QED) is 0.224. The smallest absolute Gasteiger partial charge is 0.197 e. The van der Waals surface area contributed by atoms with Crippen LogP contribution in [-0.2, 0) is 6.42 Å². The molecule has 0 spiro atoms. The Balaban J connectivity index is 1.62. The highest BCUT2D eigenvalue weighted by molar-refractivity contribution is 6.11. The van der Waals surface area contributed by atoms with Gasteiger partial charge < -0.3 is 5.11 Å². The van der Waals surface area contributed by atoms with E-state index in [1.807, 2.05) is 24.3 Å². The first-order valence-corrected chi connectivity index (χ1v) is 12.1. The Labute approximate surface area is 183 Å². The first-order valence-electron chi connectivity index (χ1n) is 12.1. The molecule has 0 aliphatic heterocycles. The van der Waals surface area contributed by atoms with Crippen molar-refractivity contribution >= 4 is 5.78 Å². The van der Waals surface area contributed by atoms with Crippen LogP contribution in [-0.4, -0.2) is 10.9 Å². The van der Waals surface area contributed by atoms with Crippen LogP contribution >= 0.6 is 0 Å². The number of phenols is 1. The molecule has 30 heavy (non-hydrogen) atoms. The molecule has 0 saturated heterocycles. The number of aromatic hydroxyl groups is 1. The number of hydrogen-bond acceptors (Lipinski definition) is 2. The zero-order valence-electron chi connectivity index (χ0n) is 18.9. The average molecular weight is 409 g/mol. The first kappa shape index (κ1) is 24.2. The van der Waals surface area contributed by atoms with Crippen molar-refractivity contribution in [1.82, 2.24) is 0 Å². The van der Waals surface area contributed by atoms with Gasteiger partial charge in [0.25, 0.3) is 0 Å². The van der Waals surface area contributed by atoms with Gasteiger partial charge in [-0.2, -0.15) is 0 Å². The average Bonchev–Trinajstić information content (AvgIpc) is 2.77. The molecular formula is C28H40O2. The lowest BCUT2D eigenvalue weighted by Gasteiger charge is -2.10. The number of benzene rings is 2. The van der Waals surface area contributed by atoms with E-state index in [0.29, 0.717) is 5.56 Å². The fourth-order valence-electron chi connectivity index (χ4n) is 4.10. The first-order chi connectivity index (χ1) is 14.7. The Bertz CT molecular complexity index is 735. The van der Waals surface area contributed by atoms with Gasteiger partial charge >= 0.3 is 0 Å². The van der Waals surface area contributed by atoms with Crippen molar-refractivity contribution in [2.75, 3.05) is 0 Å². The van der Waals surface area contributed by atoms with E-state index in [4.69, 9.17) is 0 Å². The molecule has 0 aliphatic rings. The number of carbonyl (C=O) groups is 1. The van der Waals surface area contributed by atoms with E-state index in [1.54, 1.807) is 24.3 Å². The van der Waals surface area contributed by atoms with Gasteiger partial charge in [-0.25, -0.2) is 0 Å². The molecule has 0 heterocycles. The molecule has 0 amide bonds. The maximum Gasteiger partial charge on any atom is 0.197 e. The second-order valence-electron chi connectivity index (χ2n) is 8.50. The molecule has 2 aromatic carbocycles. The summed E-state index contributed by atoms with van der Waals surface area (Å²) in [4.78, 5) is 12.9. The van der Waals surface area contributed by atoms with Crippen LogP contribution in [0.5, 0.6) is 5.75 Å². The Morgan fingerprint density at radius 3 is 1.67 bits per heavy atom. The Hall–Kier alpha value is -2.09. The Kier molecular flexibility index (Phi) is 11.9. The largest absolute Gasteiger partial charge is 0.507 e. The molecule has 2 aromatic rings. The zero-order valence-corrected chi connectivity index (χ0v) is 18.9. The molecule has 0 unspecified atom stereocenters. The summed E-state index contributed by atoms with van der Waals surface area (Å²) in [5.74, 6) is -0.0309. The van der Waals surface area contributed by atoms with Crippen LogP contribution in [0, 0.1) is 0 Å². The second-order valence-corrected chi connectivity index (χ2v) is 8.50. The highest BCUT2D eigenvalue weighted by Crippen LogP contribution is 2.23. The molecule has 2 heteroatoms. The van der Waals surface area contributed by atoms with Gasteiger partial charge in [0.1, 0.15) is 5.75 Å². The lowest BCUT2D eigenvalue weighted by atomic mass is 9.94. The maximum absolute atomic E-state index is 12.9. The maximum atomic E-state index is 12.9. The van der Waals surface area contributed by atoms with E-state index in [1.165, 1.54) is 77.0 Å². The Morgan fingerprint density at radius 2 is 1.10 bits per heavy atom. The molecule has 0 bridgehead atoms. The number of phenolic OH excluding ortho intramolecular Hbond substituents is 1. The van der Waals surface area contributed by atoms with Gasteiger partial charge in [-0.15, -0.1) is 0 Å². The van der Waals surface area contributed by atoms with Gasteiger partial charge in [0.15, 0.2) is 5.78 Å². The number of carbonyl (C=O) groups excluding carboxylic acids is 1. The number of para-hydroxylation sites is 1. The zero-order chi connectivity index (χ0) is 21.4. The number of unbranched alkanes of at least 4 members (excludes halogenated alkanes) is 12. The van der Waals surface area contributed by atoms with Crippen molar-refractivity contribution in [2.24, 2.45) is 0 Å². The normalized spacial score (nSPS) is 11.0. The van der Waals surface area contributed by atoms with Gasteiger partial charge in [-0.05, 0) is 30.5 Å². The van der Waals surface area contributed by atoms with Gasteiger partial charge in [0.2, 0.25) is 0 Å². The molecule has 0 aliphatic carbocycles.